The second kappa shape index (κ2) is 9.17. The summed E-state index contributed by atoms with van der Waals surface area (Å²) < 4.78 is 57.7. The molecule has 0 bridgehead atoms. The van der Waals surface area contributed by atoms with Gasteiger partial charge in [0.2, 0.25) is 0 Å². The van der Waals surface area contributed by atoms with E-state index >= 15 is 8.78 Å². The number of fused-ring (bicyclic) bond motifs is 6. The van der Waals surface area contributed by atoms with Crippen LogP contribution >= 0.6 is 11.3 Å². The molecule has 0 unspecified atom stereocenters. The van der Waals surface area contributed by atoms with E-state index in [0.717, 1.165) is 32.4 Å². The van der Waals surface area contributed by atoms with Crippen LogP contribution in [0.15, 0.2) is 66.7 Å². The Morgan fingerprint density at radius 1 is 0.925 bits per heavy atom. The zero-order valence-electron chi connectivity index (χ0n) is 25.1. The van der Waals surface area contributed by atoms with E-state index in [2.05, 4.69) is 24.9 Å². The number of halogens is 2. The van der Waals surface area contributed by atoms with Gasteiger partial charge in [0, 0.05) is 41.9 Å². The van der Waals surface area contributed by atoms with Crippen molar-refractivity contribution in [3.63, 3.8) is 0 Å². The number of hydrogen-bond donors (Lipinski definition) is 0. The van der Waals surface area contributed by atoms with E-state index in [1.807, 2.05) is 24.3 Å². The van der Waals surface area contributed by atoms with E-state index in [1.165, 1.54) is 34.1 Å². The minimum Gasteiger partial charge on any atom is -0.285 e. The van der Waals surface area contributed by atoms with Gasteiger partial charge in [-0.3, -0.25) is 9.55 Å². The van der Waals surface area contributed by atoms with Crippen LogP contribution in [-0.2, 0) is 6.42 Å². The molecular weight excluding hydrogens is 522 g/mol. The topological polar surface area (TPSA) is 43.6 Å². The molecule has 4 heterocycles. The third-order valence-corrected chi connectivity index (χ3v) is 8.29. The Hall–Kier alpha value is -4.23. The summed E-state index contributed by atoms with van der Waals surface area (Å²) in [7, 11) is 0. The van der Waals surface area contributed by atoms with Crippen LogP contribution in [0.5, 0.6) is 0 Å². The average molecular weight is 552 g/mol. The summed E-state index contributed by atoms with van der Waals surface area (Å²) >= 11 is 1.52. The molecule has 0 atom stereocenters. The molecule has 0 spiro atoms. The molecule has 7 aromatic rings. The van der Waals surface area contributed by atoms with E-state index in [-0.39, 0.29) is 11.4 Å². The SMILES string of the molecule is [2H]C([2H])([2H])c1ccc2ccc3nc(-c4cccc5c4sc4nc(CC(C)C)ccc45)n(-c4c(F)cc(C)cc4F)c3c2n1. The van der Waals surface area contributed by atoms with Gasteiger partial charge in [0.05, 0.1) is 16.6 Å². The van der Waals surface area contributed by atoms with E-state index in [1.54, 1.807) is 25.1 Å². The van der Waals surface area contributed by atoms with Crippen molar-refractivity contribution in [3.05, 3.63) is 95.3 Å². The lowest BCUT2D eigenvalue weighted by atomic mass is 10.1. The fourth-order valence-corrected chi connectivity index (χ4v) is 6.67. The van der Waals surface area contributed by atoms with E-state index < -0.39 is 18.5 Å². The number of aryl methyl sites for hydroxylation is 2. The minimum atomic E-state index is -2.46. The highest BCUT2D eigenvalue weighted by Crippen LogP contribution is 2.42. The van der Waals surface area contributed by atoms with Crippen LogP contribution in [0, 0.1) is 31.3 Å². The van der Waals surface area contributed by atoms with Crippen LogP contribution in [0.4, 0.5) is 8.78 Å². The number of pyridine rings is 2. The summed E-state index contributed by atoms with van der Waals surface area (Å²) in [6.07, 6.45) is 0.858. The van der Waals surface area contributed by atoms with Crippen molar-refractivity contribution < 1.29 is 12.9 Å². The fourth-order valence-electron chi connectivity index (χ4n) is 5.47. The van der Waals surface area contributed by atoms with Crippen molar-refractivity contribution in [2.75, 3.05) is 0 Å². The first-order valence-electron chi connectivity index (χ1n) is 14.6. The monoisotopic (exact) mass is 551 g/mol. The summed E-state index contributed by atoms with van der Waals surface area (Å²) in [4.78, 5) is 15.2. The highest BCUT2D eigenvalue weighted by molar-refractivity contribution is 7.26. The molecule has 0 radical (unpaired) electrons. The smallest absolute Gasteiger partial charge is 0.150 e. The van der Waals surface area contributed by atoms with Crippen molar-refractivity contribution in [2.45, 2.75) is 34.0 Å². The van der Waals surface area contributed by atoms with E-state index in [0.29, 0.717) is 44.8 Å². The van der Waals surface area contributed by atoms with Crippen LogP contribution in [-0.4, -0.2) is 19.5 Å². The molecule has 4 nitrogen and oxygen atoms in total. The van der Waals surface area contributed by atoms with E-state index in [9.17, 15) is 0 Å². The number of thiophene rings is 1. The van der Waals surface area contributed by atoms with Crippen molar-refractivity contribution in [2.24, 2.45) is 5.92 Å². The molecule has 7 heteroatoms. The maximum Gasteiger partial charge on any atom is 0.150 e. The van der Waals surface area contributed by atoms with Crippen molar-refractivity contribution in [3.8, 4) is 17.1 Å². The molecule has 0 saturated carbocycles. The Morgan fingerprint density at radius 2 is 1.73 bits per heavy atom. The first-order valence-corrected chi connectivity index (χ1v) is 13.9. The van der Waals surface area contributed by atoms with Gasteiger partial charge < -0.3 is 0 Å². The van der Waals surface area contributed by atoms with Gasteiger partial charge in [-0.15, -0.1) is 11.3 Å². The van der Waals surface area contributed by atoms with Gasteiger partial charge in [0.15, 0.2) is 11.6 Å². The highest BCUT2D eigenvalue weighted by atomic mass is 32.1. The summed E-state index contributed by atoms with van der Waals surface area (Å²) in [5, 5.41) is 2.60. The largest absolute Gasteiger partial charge is 0.285 e. The number of nitrogens with zero attached hydrogens (tertiary/aromatic N) is 4. The maximum atomic E-state index is 15.8. The standard InChI is InChI=1S/C33H26F2N4S/c1-17(2)14-21-11-12-23-22-6-5-7-24(31(22)40-33(23)37-21)32-38-27-13-10-20-9-8-19(4)36-28(20)30(27)39(32)29-25(34)15-18(3)16-26(29)35/h5-13,15-17H,14H2,1-4H3/i4D3. The van der Waals surface area contributed by atoms with Gasteiger partial charge in [-0.25, -0.2) is 18.7 Å². The third kappa shape index (κ3) is 3.87. The summed E-state index contributed by atoms with van der Waals surface area (Å²) in [5.41, 5.74) is 2.79. The maximum absolute atomic E-state index is 15.8. The predicted molar refractivity (Wildman–Crippen MR) is 160 cm³/mol. The Kier molecular flexibility index (Phi) is 4.94. The first-order chi connectivity index (χ1) is 20.5. The van der Waals surface area contributed by atoms with Crippen molar-refractivity contribution in [1.82, 2.24) is 19.5 Å². The van der Waals surface area contributed by atoms with Crippen LogP contribution in [0.25, 0.3) is 59.3 Å². The predicted octanol–water partition coefficient (Wildman–Crippen LogP) is 9.10. The summed E-state index contributed by atoms with van der Waals surface area (Å²) in [6, 6.07) is 19.2. The molecule has 198 valence electrons. The second-order valence-electron chi connectivity index (χ2n) is 10.6. The van der Waals surface area contributed by atoms with Gasteiger partial charge in [0.1, 0.15) is 16.3 Å². The number of imidazole rings is 1. The number of benzene rings is 3. The number of hydrogen-bond acceptors (Lipinski definition) is 4. The molecule has 0 aliphatic carbocycles. The zero-order chi connectivity index (χ0) is 30.2. The average Bonchev–Trinajstić information content (AvgIpc) is 3.50. The Labute approximate surface area is 238 Å². The molecule has 0 amide bonds. The van der Waals surface area contributed by atoms with E-state index in [4.69, 9.17) is 14.1 Å². The normalized spacial score (nSPS) is 13.5. The molecule has 4 aromatic heterocycles. The van der Waals surface area contributed by atoms with Crippen LogP contribution in [0.3, 0.4) is 0 Å². The van der Waals surface area contributed by atoms with Crippen LogP contribution in [0.1, 0.15) is 34.9 Å². The minimum absolute atomic E-state index is 0.110. The molecule has 0 fully saturated rings. The zero-order valence-corrected chi connectivity index (χ0v) is 22.9. The summed E-state index contributed by atoms with van der Waals surface area (Å²) in [5.74, 6) is -0.732. The molecule has 7 rings (SSSR count). The number of rotatable bonds is 4. The second-order valence-corrected chi connectivity index (χ2v) is 11.6. The molecule has 40 heavy (non-hydrogen) atoms. The van der Waals surface area contributed by atoms with Crippen LogP contribution < -0.4 is 0 Å². The first kappa shape index (κ1) is 21.6. The highest BCUT2D eigenvalue weighted by Gasteiger charge is 2.25. The lowest BCUT2D eigenvalue weighted by molar-refractivity contribution is 0.570. The van der Waals surface area contributed by atoms with Gasteiger partial charge >= 0.3 is 0 Å². The molecule has 0 N–H and O–H groups in total. The molecular formula is C33H26F2N4S. The van der Waals surface area contributed by atoms with Gasteiger partial charge in [-0.2, -0.15) is 0 Å². The lowest BCUT2D eigenvalue weighted by Crippen LogP contribution is -2.05. The molecule has 3 aromatic carbocycles. The molecule has 0 saturated heterocycles. The fraction of sp³-hybridized carbons (Fsp3) is 0.182. The van der Waals surface area contributed by atoms with Gasteiger partial charge in [-0.1, -0.05) is 38.1 Å². The number of aromatic nitrogens is 4. The molecule has 0 aliphatic rings. The Balaban J connectivity index is 1.60. The molecule has 0 aliphatic heterocycles. The van der Waals surface area contributed by atoms with Crippen molar-refractivity contribution >= 4 is 53.6 Å². The Morgan fingerprint density at radius 3 is 2.50 bits per heavy atom. The van der Waals surface area contributed by atoms with Crippen molar-refractivity contribution in [1.29, 1.82) is 0 Å². The summed E-state index contributed by atoms with van der Waals surface area (Å²) in [6.45, 7) is 3.47. The quantitative estimate of drug-likeness (QED) is 0.219. The van der Waals surface area contributed by atoms with Gasteiger partial charge in [0.25, 0.3) is 0 Å². The van der Waals surface area contributed by atoms with Crippen LogP contribution in [0.2, 0.25) is 0 Å². The van der Waals surface area contributed by atoms with Gasteiger partial charge in [-0.05, 0) is 74.1 Å². The lowest BCUT2D eigenvalue weighted by Gasteiger charge is -2.14. The Bertz CT molecular complexity index is 2210. The third-order valence-electron chi connectivity index (χ3n) is 7.14.